The number of likely N-dealkylation sites (N-methyl/N-ethyl adjacent to an activating group) is 1. The fraction of sp³-hybridized carbons (Fsp3) is 0.881. The van der Waals surface area contributed by atoms with Gasteiger partial charge in [0.15, 0.2) is 6.10 Å². The first kappa shape index (κ1) is 49.8. The van der Waals surface area contributed by atoms with E-state index in [9.17, 15) is 14.3 Å². The minimum absolute atomic E-state index is 0.0476. The molecular weight excluding hydrogens is 661 g/mol. The topological polar surface area (TPSA) is 91.3 Å². The minimum atomic E-state index is -4.29. The van der Waals surface area contributed by atoms with Crippen molar-refractivity contribution in [1.82, 2.24) is 0 Å². The number of nitrogens with zero attached hydrogens (tertiary/aromatic N) is 1. The Hall–Kier alpha value is -1.18. The van der Waals surface area contributed by atoms with Crippen molar-refractivity contribution in [3.63, 3.8) is 0 Å². The van der Waals surface area contributed by atoms with Gasteiger partial charge in [0, 0.05) is 6.42 Å². The Labute approximate surface area is 315 Å². The highest BCUT2D eigenvalue weighted by Crippen LogP contribution is 2.43. The van der Waals surface area contributed by atoms with E-state index in [0.717, 1.165) is 44.9 Å². The highest BCUT2D eigenvalue weighted by molar-refractivity contribution is 7.47. The van der Waals surface area contributed by atoms with Crippen molar-refractivity contribution in [1.29, 1.82) is 0 Å². The number of phosphoric ester groups is 1. The summed E-state index contributed by atoms with van der Waals surface area (Å²) in [5.41, 5.74) is 0. The standard InChI is InChI=1S/C42H82NO7P/c1-6-8-10-12-14-16-18-20-22-23-25-27-29-31-33-35-42(44)50-41(40-49-51(45,46)48-38-36-43(3,4)5)39-47-37-34-32-30-28-26-24-21-19-17-15-13-11-9-7-2/h20,22,34,37,41H,6-19,21,23-33,35-36,38-40H2,1-5H3/p+1/b22-20-,37-34-. The molecule has 0 aliphatic rings. The molecule has 0 amide bonds. The van der Waals surface area contributed by atoms with Gasteiger partial charge in [-0.25, -0.2) is 4.57 Å². The Kier molecular flexibility index (Phi) is 35.0. The molecule has 51 heavy (non-hydrogen) atoms. The molecular formula is C42H83NO7P+. The highest BCUT2D eigenvalue weighted by Gasteiger charge is 2.26. The Bertz CT molecular complexity index is 874. The maximum absolute atomic E-state index is 12.6. The Balaban J connectivity index is 4.32. The van der Waals surface area contributed by atoms with Gasteiger partial charge in [-0.1, -0.05) is 148 Å². The molecule has 2 atom stereocenters. The van der Waals surface area contributed by atoms with E-state index in [1.54, 1.807) is 6.26 Å². The smallest absolute Gasteiger partial charge is 0.472 e. The number of hydrogen-bond donors (Lipinski definition) is 1. The van der Waals surface area contributed by atoms with E-state index in [1.165, 1.54) is 122 Å². The van der Waals surface area contributed by atoms with Crippen LogP contribution in [0.2, 0.25) is 0 Å². The van der Waals surface area contributed by atoms with Gasteiger partial charge in [0.1, 0.15) is 19.8 Å². The second kappa shape index (κ2) is 35.8. The second-order valence-electron chi connectivity index (χ2n) is 15.4. The zero-order valence-electron chi connectivity index (χ0n) is 34.1. The third-order valence-corrected chi connectivity index (χ3v) is 10.1. The maximum atomic E-state index is 12.6. The first-order chi connectivity index (χ1) is 24.6. The van der Waals surface area contributed by atoms with Gasteiger partial charge in [-0.15, -0.1) is 0 Å². The summed E-state index contributed by atoms with van der Waals surface area (Å²) in [6.45, 7) is 4.92. The minimum Gasteiger partial charge on any atom is -0.498 e. The van der Waals surface area contributed by atoms with Gasteiger partial charge in [0.05, 0.1) is 34.0 Å². The number of phosphoric acid groups is 1. The van der Waals surface area contributed by atoms with Crippen molar-refractivity contribution in [2.24, 2.45) is 0 Å². The number of rotatable bonds is 39. The van der Waals surface area contributed by atoms with Crippen molar-refractivity contribution < 1.29 is 37.3 Å². The van der Waals surface area contributed by atoms with E-state index in [4.69, 9.17) is 18.5 Å². The van der Waals surface area contributed by atoms with E-state index in [2.05, 4.69) is 26.0 Å². The predicted molar refractivity (Wildman–Crippen MR) is 215 cm³/mol. The van der Waals surface area contributed by atoms with Crippen LogP contribution in [-0.2, 0) is 27.9 Å². The van der Waals surface area contributed by atoms with Crippen LogP contribution in [0.15, 0.2) is 24.5 Å². The molecule has 302 valence electrons. The molecule has 1 N–H and O–H groups in total. The monoisotopic (exact) mass is 745 g/mol. The van der Waals surface area contributed by atoms with Crippen LogP contribution in [0.1, 0.15) is 187 Å². The lowest BCUT2D eigenvalue weighted by molar-refractivity contribution is -0.870. The third kappa shape index (κ3) is 39.9. The van der Waals surface area contributed by atoms with Gasteiger partial charge in [-0.05, 0) is 51.0 Å². The van der Waals surface area contributed by atoms with Crippen molar-refractivity contribution in [3.8, 4) is 0 Å². The van der Waals surface area contributed by atoms with Crippen molar-refractivity contribution in [3.05, 3.63) is 24.5 Å². The molecule has 0 spiro atoms. The molecule has 0 aliphatic carbocycles. The van der Waals surface area contributed by atoms with Gasteiger partial charge < -0.3 is 18.9 Å². The molecule has 0 aromatic carbocycles. The summed E-state index contributed by atoms with van der Waals surface area (Å²) in [7, 11) is 1.63. The zero-order chi connectivity index (χ0) is 37.7. The number of quaternary nitrogens is 1. The first-order valence-electron chi connectivity index (χ1n) is 21.1. The van der Waals surface area contributed by atoms with Crippen molar-refractivity contribution >= 4 is 13.8 Å². The molecule has 0 radical (unpaired) electrons. The molecule has 0 fully saturated rings. The molecule has 0 aliphatic heterocycles. The summed E-state index contributed by atoms with van der Waals surface area (Å²) >= 11 is 0. The van der Waals surface area contributed by atoms with Crippen LogP contribution in [0.4, 0.5) is 0 Å². The number of carbonyl (C=O) groups excluding carboxylic acids is 1. The van der Waals surface area contributed by atoms with E-state index in [-0.39, 0.29) is 25.8 Å². The molecule has 0 saturated heterocycles. The summed E-state index contributed by atoms with van der Waals surface area (Å²) in [4.78, 5) is 22.8. The zero-order valence-corrected chi connectivity index (χ0v) is 35.0. The molecule has 0 heterocycles. The predicted octanol–water partition coefficient (Wildman–Crippen LogP) is 12.4. The lowest BCUT2D eigenvalue weighted by Crippen LogP contribution is -2.37. The van der Waals surface area contributed by atoms with Crippen LogP contribution in [0.3, 0.4) is 0 Å². The van der Waals surface area contributed by atoms with Crippen LogP contribution in [0.25, 0.3) is 0 Å². The molecule has 9 heteroatoms. The Morgan fingerprint density at radius 2 is 1.04 bits per heavy atom. The normalized spacial score (nSPS) is 14.0. The fourth-order valence-electron chi connectivity index (χ4n) is 5.75. The van der Waals surface area contributed by atoms with Gasteiger partial charge >= 0.3 is 13.8 Å². The number of carbonyl (C=O) groups is 1. The number of allylic oxidation sites excluding steroid dienone is 3. The third-order valence-electron chi connectivity index (χ3n) is 9.08. The number of ether oxygens (including phenoxy) is 2. The van der Waals surface area contributed by atoms with E-state index in [0.29, 0.717) is 17.4 Å². The molecule has 0 rings (SSSR count). The van der Waals surface area contributed by atoms with E-state index in [1.807, 2.05) is 27.2 Å². The van der Waals surface area contributed by atoms with Gasteiger partial charge in [-0.2, -0.15) is 0 Å². The summed E-state index contributed by atoms with van der Waals surface area (Å²) in [5, 5.41) is 0. The maximum Gasteiger partial charge on any atom is 0.472 e. The summed E-state index contributed by atoms with van der Waals surface area (Å²) in [5.74, 6) is -0.343. The average molecular weight is 745 g/mol. The first-order valence-corrected chi connectivity index (χ1v) is 22.6. The fourth-order valence-corrected chi connectivity index (χ4v) is 6.49. The molecule has 8 nitrogen and oxygen atoms in total. The molecule has 0 saturated carbocycles. The Morgan fingerprint density at radius 1 is 0.608 bits per heavy atom. The number of esters is 1. The van der Waals surface area contributed by atoms with Crippen molar-refractivity contribution in [2.75, 3.05) is 47.5 Å². The number of hydrogen-bond acceptors (Lipinski definition) is 6. The van der Waals surface area contributed by atoms with Gasteiger partial charge in [-0.3, -0.25) is 13.8 Å². The molecule has 0 aromatic heterocycles. The highest BCUT2D eigenvalue weighted by atomic mass is 31.2. The van der Waals surface area contributed by atoms with E-state index >= 15 is 0 Å². The quantitative estimate of drug-likeness (QED) is 0.0167. The SMILES string of the molecule is CCCCCCCC/C=C\CCCCCCCC(=O)OC(CO/C=C\CCCCCCCCCCCCCC)COP(=O)(O)OCC[N+](C)(C)C. The average Bonchev–Trinajstić information content (AvgIpc) is 3.08. The molecule has 0 aromatic rings. The Morgan fingerprint density at radius 3 is 1.51 bits per heavy atom. The summed E-state index contributed by atoms with van der Waals surface area (Å²) in [6.07, 6.45) is 40.1. The second-order valence-corrected chi connectivity index (χ2v) is 16.9. The van der Waals surface area contributed by atoms with Crippen LogP contribution in [0, 0.1) is 0 Å². The lowest BCUT2D eigenvalue weighted by atomic mass is 10.0. The summed E-state index contributed by atoms with van der Waals surface area (Å²) < 4.78 is 34.7. The van der Waals surface area contributed by atoms with E-state index < -0.39 is 13.9 Å². The lowest BCUT2D eigenvalue weighted by Gasteiger charge is -2.24. The van der Waals surface area contributed by atoms with Gasteiger partial charge in [0.2, 0.25) is 0 Å². The van der Waals surface area contributed by atoms with Gasteiger partial charge in [0.25, 0.3) is 0 Å². The largest absolute Gasteiger partial charge is 0.498 e. The van der Waals surface area contributed by atoms with Crippen LogP contribution >= 0.6 is 7.82 Å². The number of unbranched alkanes of at least 4 members (excludes halogenated alkanes) is 23. The van der Waals surface area contributed by atoms with Crippen LogP contribution in [0.5, 0.6) is 0 Å². The van der Waals surface area contributed by atoms with Crippen LogP contribution in [-0.4, -0.2) is 69.0 Å². The van der Waals surface area contributed by atoms with Crippen molar-refractivity contribution in [2.45, 2.75) is 193 Å². The van der Waals surface area contributed by atoms with Crippen LogP contribution < -0.4 is 0 Å². The molecule has 2 unspecified atom stereocenters. The summed E-state index contributed by atoms with van der Waals surface area (Å²) in [6, 6.07) is 0. The molecule has 0 bridgehead atoms.